The third-order valence-corrected chi connectivity index (χ3v) is 3.33. The normalized spacial score (nSPS) is 12.2. The molecule has 0 aliphatic rings. The molecular weight excluding hydrogens is 311 g/mol. The Hall–Kier alpha value is -1.39. The molecule has 0 bridgehead atoms. The lowest BCUT2D eigenvalue weighted by Crippen LogP contribution is -2.04. The SMILES string of the molecule is O[C@@H](CBr)c1ccc(F)cc1OCc1ccccc1. The highest BCUT2D eigenvalue weighted by Gasteiger charge is 2.13. The molecule has 0 aliphatic carbocycles. The Balaban J connectivity index is 2.16. The highest BCUT2D eigenvalue weighted by molar-refractivity contribution is 9.09. The van der Waals surface area contributed by atoms with Crippen molar-refractivity contribution in [2.45, 2.75) is 12.7 Å². The second kappa shape index (κ2) is 6.68. The molecule has 0 radical (unpaired) electrons. The van der Waals surface area contributed by atoms with Gasteiger partial charge in [0, 0.05) is 17.0 Å². The number of rotatable bonds is 5. The molecule has 0 spiro atoms. The summed E-state index contributed by atoms with van der Waals surface area (Å²) in [6, 6.07) is 13.8. The molecule has 1 N–H and O–H groups in total. The van der Waals surface area contributed by atoms with E-state index in [1.54, 1.807) is 6.07 Å². The molecule has 0 aromatic heterocycles. The van der Waals surface area contributed by atoms with Crippen molar-refractivity contribution in [1.82, 2.24) is 0 Å². The van der Waals surface area contributed by atoms with Crippen molar-refractivity contribution in [2.24, 2.45) is 0 Å². The van der Waals surface area contributed by atoms with Gasteiger partial charge >= 0.3 is 0 Å². The van der Waals surface area contributed by atoms with Gasteiger partial charge in [-0.3, -0.25) is 0 Å². The molecule has 2 aromatic rings. The molecule has 2 aromatic carbocycles. The smallest absolute Gasteiger partial charge is 0.128 e. The van der Waals surface area contributed by atoms with Gasteiger partial charge in [-0.15, -0.1) is 0 Å². The van der Waals surface area contributed by atoms with Crippen molar-refractivity contribution in [3.05, 3.63) is 65.5 Å². The van der Waals surface area contributed by atoms with Gasteiger partial charge in [0.15, 0.2) is 0 Å². The quantitative estimate of drug-likeness (QED) is 0.847. The van der Waals surface area contributed by atoms with Crippen LogP contribution in [-0.4, -0.2) is 10.4 Å². The molecule has 0 saturated carbocycles. The fourth-order valence-corrected chi connectivity index (χ4v) is 2.08. The Morgan fingerprint density at radius 1 is 1.16 bits per heavy atom. The minimum atomic E-state index is -0.716. The van der Waals surface area contributed by atoms with Crippen LogP contribution in [0.5, 0.6) is 5.75 Å². The fraction of sp³-hybridized carbons (Fsp3) is 0.200. The van der Waals surface area contributed by atoms with E-state index in [1.807, 2.05) is 30.3 Å². The molecule has 0 unspecified atom stereocenters. The minimum absolute atomic E-state index is 0.340. The van der Waals surface area contributed by atoms with Crippen LogP contribution < -0.4 is 4.74 Å². The van der Waals surface area contributed by atoms with E-state index >= 15 is 0 Å². The Morgan fingerprint density at radius 3 is 2.58 bits per heavy atom. The summed E-state index contributed by atoms with van der Waals surface area (Å²) in [7, 11) is 0. The molecule has 0 fully saturated rings. The second-order valence-corrected chi connectivity index (χ2v) is 4.77. The summed E-state index contributed by atoms with van der Waals surface area (Å²) in [5.41, 5.74) is 1.57. The van der Waals surface area contributed by atoms with Gasteiger partial charge in [0.05, 0.1) is 6.10 Å². The number of hydrogen-bond donors (Lipinski definition) is 1. The number of hydrogen-bond acceptors (Lipinski definition) is 2. The number of alkyl halides is 1. The zero-order valence-electron chi connectivity index (χ0n) is 10.2. The number of halogens is 2. The first-order valence-corrected chi connectivity index (χ1v) is 7.03. The van der Waals surface area contributed by atoms with Crippen LogP contribution in [0, 0.1) is 5.82 Å². The van der Waals surface area contributed by atoms with E-state index in [2.05, 4.69) is 15.9 Å². The van der Waals surface area contributed by atoms with Crippen LogP contribution >= 0.6 is 15.9 Å². The summed E-state index contributed by atoms with van der Waals surface area (Å²) >= 11 is 3.20. The molecule has 19 heavy (non-hydrogen) atoms. The van der Waals surface area contributed by atoms with E-state index in [-0.39, 0.29) is 5.82 Å². The van der Waals surface area contributed by atoms with Gasteiger partial charge < -0.3 is 9.84 Å². The predicted octanol–water partition coefficient (Wildman–Crippen LogP) is 3.83. The first kappa shape index (κ1) is 14.0. The lowest BCUT2D eigenvalue weighted by Gasteiger charge is -2.14. The summed E-state index contributed by atoms with van der Waals surface area (Å²) < 4.78 is 18.9. The molecule has 0 saturated heterocycles. The fourth-order valence-electron chi connectivity index (χ4n) is 1.73. The maximum absolute atomic E-state index is 13.3. The monoisotopic (exact) mass is 324 g/mol. The molecular formula is C15H14BrFO2. The van der Waals surface area contributed by atoms with Gasteiger partial charge in [-0.2, -0.15) is 0 Å². The lowest BCUT2D eigenvalue weighted by atomic mass is 10.1. The van der Waals surface area contributed by atoms with Crippen LogP contribution in [0.2, 0.25) is 0 Å². The van der Waals surface area contributed by atoms with Gasteiger partial charge in [-0.1, -0.05) is 46.3 Å². The average molecular weight is 325 g/mol. The molecule has 4 heteroatoms. The molecule has 1 atom stereocenters. The van der Waals surface area contributed by atoms with E-state index < -0.39 is 6.10 Å². The Kier molecular flexibility index (Phi) is 4.93. The number of ether oxygens (including phenoxy) is 1. The second-order valence-electron chi connectivity index (χ2n) is 4.13. The highest BCUT2D eigenvalue weighted by atomic mass is 79.9. The maximum Gasteiger partial charge on any atom is 0.128 e. The van der Waals surface area contributed by atoms with E-state index in [9.17, 15) is 9.50 Å². The van der Waals surface area contributed by atoms with Crippen LogP contribution in [0.3, 0.4) is 0 Å². The van der Waals surface area contributed by atoms with Crippen LogP contribution in [0.1, 0.15) is 17.2 Å². The van der Waals surface area contributed by atoms with E-state index in [0.29, 0.717) is 23.2 Å². The van der Waals surface area contributed by atoms with E-state index in [4.69, 9.17) is 4.74 Å². The van der Waals surface area contributed by atoms with Gasteiger partial charge in [0.2, 0.25) is 0 Å². The zero-order chi connectivity index (χ0) is 13.7. The lowest BCUT2D eigenvalue weighted by molar-refractivity contribution is 0.195. The van der Waals surface area contributed by atoms with Crippen LogP contribution in [-0.2, 0) is 6.61 Å². The molecule has 2 nitrogen and oxygen atoms in total. The predicted molar refractivity (Wildman–Crippen MR) is 75.9 cm³/mol. The third-order valence-electron chi connectivity index (χ3n) is 2.72. The van der Waals surface area contributed by atoms with Crippen molar-refractivity contribution < 1.29 is 14.2 Å². The molecule has 2 rings (SSSR count). The van der Waals surface area contributed by atoms with Crippen molar-refractivity contribution >= 4 is 15.9 Å². The summed E-state index contributed by atoms with van der Waals surface area (Å²) in [5.74, 6) is -0.00983. The van der Waals surface area contributed by atoms with E-state index in [0.717, 1.165) is 5.56 Å². The summed E-state index contributed by atoms with van der Waals surface area (Å²) in [4.78, 5) is 0. The molecule has 0 aliphatic heterocycles. The summed E-state index contributed by atoms with van der Waals surface area (Å²) in [6.45, 7) is 0.340. The molecule has 0 amide bonds. The van der Waals surface area contributed by atoms with Crippen molar-refractivity contribution in [3.8, 4) is 5.75 Å². The standard InChI is InChI=1S/C15H14BrFO2/c16-9-14(18)13-7-6-12(17)8-15(13)19-10-11-4-2-1-3-5-11/h1-8,14,18H,9-10H2/t14-/m0/s1. The van der Waals surface area contributed by atoms with Gasteiger partial charge in [0.25, 0.3) is 0 Å². The Bertz CT molecular complexity index is 531. The molecule has 0 heterocycles. The average Bonchev–Trinajstić information content (AvgIpc) is 2.45. The van der Waals surface area contributed by atoms with Crippen molar-refractivity contribution in [3.63, 3.8) is 0 Å². The van der Waals surface area contributed by atoms with Gasteiger partial charge in [-0.25, -0.2) is 4.39 Å². The summed E-state index contributed by atoms with van der Waals surface area (Å²) in [5, 5.41) is 10.2. The highest BCUT2D eigenvalue weighted by Crippen LogP contribution is 2.28. The first-order chi connectivity index (χ1) is 9.20. The van der Waals surface area contributed by atoms with Crippen LogP contribution in [0.4, 0.5) is 4.39 Å². The number of benzene rings is 2. The topological polar surface area (TPSA) is 29.5 Å². The Morgan fingerprint density at radius 2 is 1.89 bits per heavy atom. The minimum Gasteiger partial charge on any atom is -0.488 e. The number of aliphatic hydroxyl groups excluding tert-OH is 1. The van der Waals surface area contributed by atoms with Crippen LogP contribution in [0.15, 0.2) is 48.5 Å². The van der Waals surface area contributed by atoms with E-state index in [1.165, 1.54) is 12.1 Å². The zero-order valence-corrected chi connectivity index (χ0v) is 11.8. The number of aliphatic hydroxyl groups is 1. The Labute approximate surface area is 120 Å². The van der Waals surface area contributed by atoms with Crippen molar-refractivity contribution in [2.75, 3.05) is 5.33 Å². The van der Waals surface area contributed by atoms with Crippen molar-refractivity contribution in [1.29, 1.82) is 0 Å². The van der Waals surface area contributed by atoms with Gasteiger partial charge in [-0.05, 0) is 17.7 Å². The van der Waals surface area contributed by atoms with Crippen LogP contribution in [0.25, 0.3) is 0 Å². The van der Waals surface area contributed by atoms with Gasteiger partial charge in [0.1, 0.15) is 18.2 Å². The first-order valence-electron chi connectivity index (χ1n) is 5.91. The largest absolute Gasteiger partial charge is 0.488 e. The molecule has 100 valence electrons. The summed E-state index contributed by atoms with van der Waals surface area (Å²) in [6.07, 6.45) is -0.716. The third kappa shape index (κ3) is 3.78. The maximum atomic E-state index is 13.3.